The maximum absolute atomic E-state index is 12.1. The SMILES string of the molecule is Cc1nc2c(COc3ccccc3)c(-c3cc(C#N)c(=O)n(C)c3)ccc2[nH]1. The first kappa shape index (κ1) is 17.6. The molecular formula is C22H18N4O2. The molecule has 0 unspecified atom stereocenters. The Hall–Kier alpha value is -3.85. The van der Waals surface area contributed by atoms with Gasteiger partial charge in [-0.1, -0.05) is 24.3 Å². The number of imidazole rings is 1. The zero-order valence-electron chi connectivity index (χ0n) is 15.6. The summed E-state index contributed by atoms with van der Waals surface area (Å²) in [6, 6.07) is 17.1. The molecule has 28 heavy (non-hydrogen) atoms. The molecule has 6 nitrogen and oxygen atoms in total. The van der Waals surface area contributed by atoms with Crippen molar-refractivity contribution in [3.8, 4) is 22.9 Å². The molecule has 1 N–H and O–H groups in total. The first-order chi connectivity index (χ1) is 13.6. The highest BCUT2D eigenvalue weighted by molar-refractivity contribution is 5.87. The summed E-state index contributed by atoms with van der Waals surface area (Å²) in [6.45, 7) is 2.22. The van der Waals surface area contributed by atoms with Gasteiger partial charge in [0.1, 0.15) is 29.8 Å². The number of aryl methyl sites for hydroxylation is 2. The third-order valence-corrected chi connectivity index (χ3v) is 4.62. The van der Waals surface area contributed by atoms with Gasteiger partial charge in [-0.2, -0.15) is 5.26 Å². The molecule has 0 aliphatic rings. The van der Waals surface area contributed by atoms with E-state index in [2.05, 4.69) is 9.97 Å². The fourth-order valence-electron chi connectivity index (χ4n) is 3.28. The summed E-state index contributed by atoms with van der Waals surface area (Å²) in [6.07, 6.45) is 1.73. The number of ether oxygens (including phenoxy) is 1. The Kier molecular flexibility index (Phi) is 4.42. The van der Waals surface area contributed by atoms with Crippen LogP contribution in [0.15, 0.2) is 59.5 Å². The van der Waals surface area contributed by atoms with Gasteiger partial charge in [0.05, 0.1) is 11.0 Å². The number of hydrogen-bond acceptors (Lipinski definition) is 4. The fourth-order valence-corrected chi connectivity index (χ4v) is 3.28. The Morgan fingerprint density at radius 3 is 2.75 bits per heavy atom. The number of benzene rings is 2. The zero-order valence-corrected chi connectivity index (χ0v) is 15.6. The second-order valence-corrected chi connectivity index (χ2v) is 6.58. The maximum atomic E-state index is 12.1. The number of aromatic amines is 1. The molecule has 0 amide bonds. The van der Waals surface area contributed by atoms with Gasteiger partial charge in [-0.25, -0.2) is 4.98 Å². The van der Waals surface area contributed by atoms with Gasteiger partial charge in [0.25, 0.3) is 5.56 Å². The van der Waals surface area contributed by atoms with Crippen LogP contribution in [-0.2, 0) is 13.7 Å². The second-order valence-electron chi connectivity index (χ2n) is 6.58. The van der Waals surface area contributed by atoms with Gasteiger partial charge in [-0.3, -0.25) is 4.79 Å². The van der Waals surface area contributed by atoms with E-state index in [1.165, 1.54) is 4.57 Å². The third kappa shape index (κ3) is 3.14. The predicted molar refractivity (Wildman–Crippen MR) is 107 cm³/mol. The van der Waals surface area contributed by atoms with E-state index in [0.29, 0.717) is 6.61 Å². The highest BCUT2D eigenvalue weighted by Crippen LogP contribution is 2.30. The van der Waals surface area contributed by atoms with Gasteiger partial charge in [-0.05, 0) is 42.3 Å². The molecule has 4 aromatic rings. The zero-order chi connectivity index (χ0) is 19.7. The predicted octanol–water partition coefficient (Wildman–Crippen LogP) is 3.69. The smallest absolute Gasteiger partial charge is 0.268 e. The van der Waals surface area contributed by atoms with Crippen LogP contribution in [0.1, 0.15) is 17.0 Å². The van der Waals surface area contributed by atoms with Crippen LogP contribution in [0.5, 0.6) is 5.75 Å². The highest BCUT2D eigenvalue weighted by atomic mass is 16.5. The van der Waals surface area contributed by atoms with Crippen molar-refractivity contribution >= 4 is 11.0 Å². The fraction of sp³-hybridized carbons (Fsp3) is 0.136. The summed E-state index contributed by atoms with van der Waals surface area (Å²) in [5.41, 5.74) is 4.07. The Balaban J connectivity index is 1.88. The molecule has 0 bridgehead atoms. The Morgan fingerprint density at radius 2 is 2.00 bits per heavy atom. The molecule has 0 spiro atoms. The molecule has 2 heterocycles. The van der Waals surface area contributed by atoms with Gasteiger partial charge in [0.2, 0.25) is 0 Å². The molecule has 2 aromatic heterocycles. The molecule has 0 radical (unpaired) electrons. The molecule has 0 atom stereocenters. The van der Waals surface area contributed by atoms with E-state index in [1.807, 2.05) is 55.5 Å². The Labute approximate surface area is 161 Å². The quantitative estimate of drug-likeness (QED) is 0.594. The summed E-state index contributed by atoms with van der Waals surface area (Å²) in [5, 5.41) is 9.31. The highest BCUT2D eigenvalue weighted by Gasteiger charge is 2.15. The van der Waals surface area contributed by atoms with Crippen molar-refractivity contribution in [3.63, 3.8) is 0 Å². The number of para-hydroxylation sites is 1. The minimum atomic E-state index is -0.315. The lowest BCUT2D eigenvalue weighted by Crippen LogP contribution is -2.19. The van der Waals surface area contributed by atoms with E-state index in [9.17, 15) is 10.1 Å². The first-order valence-corrected chi connectivity index (χ1v) is 8.84. The van der Waals surface area contributed by atoms with Crippen LogP contribution in [0.3, 0.4) is 0 Å². The molecule has 6 heteroatoms. The summed E-state index contributed by atoms with van der Waals surface area (Å²) in [4.78, 5) is 20.0. The lowest BCUT2D eigenvalue weighted by molar-refractivity contribution is 0.308. The Bertz CT molecular complexity index is 1260. The number of nitriles is 1. The van der Waals surface area contributed by atoms with Crippen molar-refractivity contribution in [2.24, 2.45) is 7.05 Å². The molecule has 0 fully saturated rings. The van der Waals surface area contributed by atoms with Gasteiger partial charge in [-0.15, -0.1) is 0 Å². The van der Waals surface area contributed by atoms with Crippen LogP contribution >= 0.6 is 0 Å². The van der Waals surface area contributed by atoms with Crippen LogP contribution in [0.2, 0.25) is 0 Å². The monoisotopic (exact) mass is 370 g/mol. The van der Waals surface area contributed by atoms with Crippen LogP contribution in [-0.4, -0.2) is 14.5 Å². The second kappa shape index (κ2) is 7.05. The number of rotatable bonds is 4. The van der Waals surface area contributed by atoms with Gasteiger partial charge < -0.3 is 14.3 Å². The van der Waals surface area contributed by atoms with Crippen molar-refractivity contribution in [2.45, 2.75) is 13.5 Å². The van der Waals surface area contributed by atoms with Crippen LogP contribution < -0.4 is 10.3 Å². The normalized spacial score (nSPS) is 10.8. The molecular weight excluding hydrogens is 352 g/mol. The average molecular weight is 370 g/mol. The summed E-state index contributed by atoms with van der Waals surface area (Å²) < 4.78 is 7.42. The van der Waals surface area contributed by atoms with Crippen molar-refractivity contribution in [3.05, 3.63) is 82.0 Å². The topological polar surface area (TPSA) is 83.7 Å². The average Bonchev–Trinajstić information content (AvgIpc) is 3.09. The van der Waals surface area contributed by atoms with Crippen molar-refractivity contribution in [2.75, 3.05) is 0 Å². The van der Waals surface area contributed by atoms with Crippen molar-refractivity contribution < 1.29 is 4.74 Å². The van der Waals surface area contributed by atoms with Gasteiger partial charge in [0.15, 0.2) is 0 Å². The molecule has 0 saturated heterocycles. The van der Waals surface area contributed by atoms with E-state index in [4.69, 9.17) is 4.74 Å². The number of nitrogens with zero attached hydrogens (tertiary/aromatic N) is 3. The summed E-state index contributed by atoms with van der Waals surface area (Å²) >= 11 is 0. The molecule has 138 valence electrons. The number of aromatic nitrogens is 3. The summed E-state index contributed by atoms with van der Waals surface area (Å²) in [7, 11) is 1.64. The number of fused-ring (bicyclic) bond motifs is 1. The van der Waals surface area contributed by atoms with E-state index in [0.717, 1.165) is 39.3 Å². The van der Waals surface area contributed by atoms with Crippen molar-refractivity contribution in [1.29, 1.82) is 5.26 Å². The van der Waals surface area contributed by atoms with Crippen LogP contribution in [0.4, 0.5) is 0 Å². The third-order valence-electron chi connectivity index (χ3n) is 4.62. The standard InChI is InChI=1S/C22H18N4O2/c1-14-24-20-9-8-18(16-10-15(11-23)22(27)26(2)12-16)19(21(20)25-14)13-28-17-6-4-3-5-7-17/h3-10,12H,13H2,1-2H3,(H,24,25). The van der Waals surface area contributed by atoms with E-state index in [1.54, 1.807) is 19.3 Å². The molecule has 0 aliphatic heterocycles. The van der Waals surface area contributed by atoms with Crippen LogP contribution in [0.25, 0.3) is 22.2 Å². The lowest BCUT2D eigenvalue weighted by Gasteiger charge is -2.13. The number of pyridine rings is 1. The molecule has 4 rings (SSSR count). The van der Waals surface area contributed by atoms with Crippen LogP contribution in [0, 0.1) is 18.3 Å². The molecule has 2 aromatic carbocycles. The Morgan fingerprint density at radius 1 is 1.21 bits per heavy atom. The largest absolute Gasteiger partial charge is 0.489 e. The van der Waals surface area contributed by atoms with Crippen molar-refractivity contribution in [1.82, 2.24) is 14.5 Å². The molecule has 0 saturated carbocycles. The lowest BCUT2D eigenvalue weighted by atomic mass is 9.99. The van der Waals surface area contributed by atoms with E-state index < -0.39 is 0 Å². The maximum Gasteiger partial charge on any atom is 0.268 e. The minimum Gasteiger partial charge on any atom is -0.489 e. The van der Waals surface area contributed by atoms with Gasteiger partial charge in [0, 0.05) is 18.8 Å². The van der Waals surface area contributed by atoms with Gasteiger partial charge >= 0.3 is 0 Å². The van der Waals surface area contributed by atoms with E-state index >= 15 is 0 Å². The first-order valence-electron chi connectivity index (χ1n) is 8.84. The van der Waals surface area contributed by atoms with E-state index in [-0.39, 0.29) is 11.1 Å². The minimum absolute atomic E-state index is 0.105. The number of H-pyrrole nitrogens is 1. The number of hydrogen-bond donors (Lipinski definition) is 1. The summed E-state index contributed by atoms with van der Waals surface area (Å²) in [5.74, 6) is 1.57. The molecule has 0 aliphatic carbocycles. The number of nitrogens with one attached hydrogen (secondary N) is 1.